The van der Waals surface area contributed by atoms with Crippen LogP contribution in [0.1, 0.15) is 12.8 Å². The van der Waals surface area contributed by atoms with Gasteiger partial charge in [-0.05, 0) is 41.9 Å². The summed E-state index contributed by atoms with van der Waals surface area (Å²) in [7, 11) is 3.16. The summed E-state index contributed by atoms with van der Waals surface area (Å²) < 4.78 is 11.3. The van der Waals surface area contributed by atoms with E-state index in [9.17, 15) is 4.79 Å². The zero-order chi connectivity index (χ0) is 14.5. The molecule has 0 bridgehead atoms. The van der Waals surface area contributed by atoms with Crippen LogP contribution in [0.4, 0.5) is 5.69 Å². The third-order valence-corrected chi connectivity index (χ3v) is 4.20. The molecule has 1 aromatic rings. The van der Waals surface area contributed by atoms with Gasteiger partial charge in [0.05, 0.1) is 14.2 Å². The van der Waals surface area contributed by atoms with E-state index in [1.165, 1.54) is 0 Å². The summed E-state index contributed by atoms with van der Waals surface area (Å²) in [6, 6.07) is 3.57. The van der Waals surface area contributed by atoms with Crippen molar-refractivity contribution in [1.29, 1.82) is 0 Å². The Kier molecular flexibility index (Phi) is 5.25. The lowest BCUT2D eigenvalue weighted by Crippen LogP contribution is -2.34. The summed E-state index contributed by atoms with van der Waals surface area (Å²) in [5, 5.41) is 6.19. The molecule has 0 aliphatic carbocycles. The van der Waals surface area contributed by atoms with E-state index in [1.807, 2.05) is 0 Å². The molecule has 1 amide bonds. The minimum atomic E-state index is 0.0536. The number of hydrogen-bond acceptors (Lipinski definition) is 4. The molecular formula is C14H19BrN2O3. The van der Waals surface area contributed by atoms with Gasteiger partial charge in [-0.3, -0.25) is 4.79 Å². The van der Waals surface area contributed by atoms with Gasteiger partial charge in [0.1, 0.15) is 16.0 Å². The first kappa shape index (κ1) is 15.1. The Labute approximate surface area is 127 Å². The average Bonchev–Trinajstić information content (AvgIpc) is 2.49. The van der Waals surface area contributed by atoms with Crippen molar-refractivity contribution in [3.63, 3.8) is 0 Å². The lowest BCUT2D eigenvalue weighted by Gasteiger charge is -2.22. The number of nitrogens with one attached hydrogen (secondary N) is 2. The number of amides is 1. The first-order valence-corrected chi connectivity index (χ1v) is 7.38. The van der Waals surface area contributed by atoms with E-state index in [-0.39, 0.29) is 11.8 Å². The van der Waals surface area contributed by atoms with Gasteiger partial charge in [-0.1, -0.05) is 0 Å². The highest BCUT2D eigenvalue weighted by Crippen LogP contribution is 2.37. The van der Waals surface area contributed by atoms with E-state index in [2.05, 4.69) is 26.6 Å². The third kappa shape index (κ3) is 3.43. The van der Waals surface area contributed by atoms with E-state index in [1.54, 1.807) is 26.4 Å². The number of hydrogen-bond donors (Lipinski definition) is 2. The molecule has 0 aromatic heterocycles. The fourth-order valence-electron chi connectivity index (χ4n) is 2.27. The maximum absolute atomic E-state index is 12.2. The van der Waals surface area contributed by atoms with Crippen LogP contribution in [0.2, 0.25) is 0 Å². The summed E-state index contributed by atoms with van der Waals surface area (Å²) in [6.07, 6.45) is 1.74. The molecule has 2 rings (SSSR count). The minimum Gasteiger partial charge on any atom is -0.495 e. The normalized spacial score (nSPS) is 15.8. The largest absolute Gasteiger partial charge is 0.495 e. The molecule has 1 aromatic carbocycles. The number of benzene rings is 1. The van der Waals surface area contributed by atoms with E-state index in [0.717, 1.165) is 30.4 Å². The Bertz CT molecular complexity index is 462. The smallest absolute Gasteiger partial charge is 0.227 e. The number of rotatable bonds is 4. The number of ether oxygens (including phenoxy) is 2. The molecule has 0 radical (unpaired) electrons. The molecule has 110 valence electrons. The van der Waals surface area contributed by atoms with Crippen LogP contribution in [-0.4, -0.2) is 33.2 Å². The highest BCUT2D eigenvalue weighted by Gasteiger charge is 2.21. The molecule has 0 atom stereocenters. The summed E-state index contributed by atoms with van der Waals surface area (Å²) in [5.41, 5.74) is 0.686. The van der Waals surface area contributed by atoms with Crippen molar-refractivity contribution in [3.8, 4) is 11.5 Å². The number of carbonyl (C=O) groups excluding carboxylic acids is 1. The lowest BCUT2D eigenvalue weighted by atomic mass is 9.97. The maximum atomic E-state index is 12.2. The van der Waals surface area contributed by atoms with E-state index >= 15 is 0 Å². The Balaban J connectivity index is 2.14. The van der Waals surface area contributed by atoms with E-state index in [4.69, 9.17) is 9.47 Å². The zero-order valence-electron chi connectivity index (χ0n) is 11.7. The number of anilines is 1. The first-order chi connectivity index (χ1) is 9.65. The van der Waals surface area contributed by atoms with Crippen molar-refractivity contribution in [2.75, 3.05) is 32.6 Å². The Hall–Kier alpha value is -1.27. The average molecular weight is 343 g/mol. The highest BCUT2D eigenvalue weighted by molar-refractivity contribution is 9.10. The van der Waals surface area contributed by atoms with Gasteiger partial charge in [0.25, 0.3) is 0 Å². The van der Waals surface area contributed by atoms with Crippen molar-refractivity contribution in [2.45, 2.75) is 12.8 Å². The van der Waals surface area contributed by atoms with E-state index < -0.39 is 0 Å². The number of halogens is 1. The zero-order valence-corrected chi connectivity index (χ0v) is 13.2. The van der Waals surface area contributed by atoms with Crippen molar-refractivity contribution < 1.29 is 14.3 Å². The predicted molar refractivity (Wildman–Crippen MR) is 81.5 cm³/mol. The molecule has 0 saturated carbocycles. The van der Waals surface area contributed by atoms with Crippen LogP contribution in [0.5, 0.6) is 11.5 Å². The van der Waals surface area contributed by atoms with Gasteiger partial charge >= 0.3 is 0 Å². The van der Waals surface area contributed by atoms with Crippen molar-refractivity contribution in [2.24, 2.45) is 5.92 Å². The van der Waals surface area contributed by atoms with Crippen LogP contribution < -0.4 is 20.1 Å². The SMILES string of the molecule is COc1cc(NC(=O)C2CCNCC2)cc(OC)c1Br. The van der Waals surface area contributed by atoms with Gasteiger partial charge < -0.3 is 20.1 Å². The molecule has 1 fully saturated rings. The molecule has 20 heavy (non-hydrogen) atoms. The fourth-order valence-corrected chi connectivity index (χ4v) is 2.82. The third-order valence-electron chi connectivity index (χ3n) is 3.42. The maximum Gasteiger partial charge on any atom is 0.227 e. The van der Waals surface area contributed by atoms with Crippen LogP contribution in [0.15, 0.2) is 16.6 Å². The van der Waals surface area contributed by atoms with Crippen molar-refractivity contribution in [3.05, 3.63) is 16.6 Å². The standard InChI is InChI=1S/C14H19BrN2O3/c1-19-11-7-10(8-12(20-2)13(11)15)17-14(18)9-3-5-16-6-4-9/h7-9,16H,3-6H2,1-2H3,(H,17,18). The fraction of sp³-hybridized carbons (Fsp3) is 0.500. The van der Waals surface area contributed by atoms with Crippen LogP contribution in [0.3, 0.4) is 0 Å². The molecule has 1 aliphatic rings. The van der Waals surface area contributed by atoms with Crippen molar-refractivity contribution >= 4 is 27.5 Å². The summed E-state index contributed by atoms with van der Waals surface area (Å²) in [5.74, 6) is 1.38. The molecule has 1 heterocycles. The van der Waals surface area contributed by atoms with Crippen LogP contribution in [-0.2, 0) is 4.79 Å². The molecule has 6 heteroatoms. The Morgan fingerprint density at radius 3 is 2.30 bits per heavy atom. The number of methoxy groups -OCH3 is 2. The minimum absolute atomic E-state index is 0.0536. The summed E-state index contributed by atoms with van der Waals surface area (Å²) in [4.78, 5) is 12.2. The van der Waals surface area contributed by atoms with Gasteiger partial charge in [-0.25, -0.2) is 0 Å². The van der Waals surface area contributed by atoms with Crippen LogP contribution >= 0.6 is 15.9 Å². The summed E-state index contributed by atoms with van der Waals surface area (Å²) in [6.45, 7) is 1.79. The highest BCUT2D eigenvalue weighted by atomic mass is 79.9. The first-order valence-electron chi connectivity index (χ1n) is 6.58. The Morgan fingerprint density at radius 1 is 1.25 bits per heavy atom. The second-order valence-electron chi connectivity index (χ2n) is 4.71. The second-order valence-corrected chi connectivity index (χ2v) is 5.50. The molecule has 1 saturated heterocycles. The molecule has 0 spiro atoms. The molecular weight excluding hydrogens is 324 g/mol. The quantitative estimate of drug-likeness (QED) is 0.882. The topological polar surface area (TPSA) is 59.6 Å². The number of piperidine rings is 1. The Morgan fingerprint density at radius 2 is 1.80 bits per heavy atom. The van der Waals surface area contributed by atoms with Gasteiger partial charge in [0.15, 0.2) is 0 Å². The number of carbonyl (C=O) groups is 1. The second kappa shape index (κ2) is 6.95. The molecule has 1 aliphatic heterocycles. The van der Waals surface area contributed by atoms with E-state index in [0.29, 0.717) is 17.2 Å². The summed E-state index contributed by atoms with van der Waals surface area (Å²) >= 11 is 3.41. The predicted octanol–water partition coefficient (Wildman–Crippen LogP) is 2.40. The van der Waals surface area contributed by atoms with Gasteiger partial charge in [-0.2, -0.15) is 0 Å². The van der Waals surface area contributed by atoms with Gasteiger partial charge in [0, 0.05) is 23.7 Å². The molecule has 2 N–H and O–H groups in total. The van der Waals surface area contributed by atoms with Crippen LogP contribution in [0, 0.1) is 5.92 Å². The van der Waals surface area contributed by atoms with Crippen LogP contribution in [0.25, 0.3) is 0 Å². The van der Waals surface area contributed by atoms with Gasteiger partial charge in [-0.15, -0.1) is 0 Å². The van der Waals surface area contributed by atoms with Crippen molar-refractivity contribution in [1.82, 2.24) is 5.32 Å². The molecule has 0 unspecified atom stereocenters. The lowest BCUT2D eigenvalue weighted by molar-refractivity contribution is -0.120. The van der Waals surface area contributed by atoms with Gasteiger partial charge in [0.2, 0.25) is 5.91 Å². The monoisotopic (exact) mass is 342 g/mol. The molecule has 5 nitrogen and oxygen atoms in total.